The van der Waals surface area contributed by atoms with Gasteiger partial charge in [-0.2, -0.15) is 5.10 Å². The highest BCUT2D eigenvalue weighted by molar-refractivity contribution is 6.00. The van der Waals surface area contributed by atoms with Crippen molar-refractivity contribution in [2.24, 2.45) is 5.73 Å². The number of anilines is 1. The monoisotopic (exact) mass is 392 g/mol. The number of aromatic nitrogens is 6. The number of fused-ring (bicyclic) bond motifs is 3. The quantitative estimate of drug-likeness (QED) is 0.548. The van der Waals surface area contributed by atoms with Crippen molar-refractivity contribution in [2.45, 2.75) is 32.2 Å². The van der Waals surface area contributed by atoms with Crippen molar-refractivity contribution in [3.8, 4) is 17.0 Å². The molecule has 0 amide bonds. The molecular weight excluding hydrogens is 368 g/mol. The van der Waals surface area contributed by atoms with E-state index in [9.17, 15) is 0 Å². The Hall–Kier alpha value is -3.20. The van der Waals surface area contributed by atoms with Crippen LogP contribution >= 0.6 is 0 Å². The van der Waals surface area contributed by atoms with Gasteiger partial charge in [0.1, 0.15) is 11.6 Å². The summed E-state index contributed by atoms with van der Waals surface area (Å²) in [6.45, 7) is 6.43. The van der Waals surface area contributed by atoms with Crippen LogP contribution in [0.2, 0.25) is 0 Å². The largest absolute Gasteiger partial charge is 0.492 e. The summed E-state index contributed by atoms with van der Waals surface area (Å²) >= 11 is 0. The van der Waals surface area contributed by atoms with Gasteiger partial charge in [-0.15, -0.1) is 5.10 Å². The van der Waals surface area contributed by atoms with Crippen molar-refractivity contribution in [1.82, 2.24) is 29.8 Å². The second kappa shape index (κ2) is 6.70. The molecule has 1 fully saturated rings. The molecule has 0 atom stereocenters. The molecule has 0 saturated carbocycles. The average molecular weight is 392 g/mol. The fourth-order valence-electron chi connectivity index (χ4n) is 3.85. The van der Waals surface area contributed by atoms with Gasteiger partial charge >= 0.3 is 0 Å². The molecule has 29 heavy (non-hydrogen) atoms. The van der Waals surface area contributed by atoms with Crippen LogP contribution in [-0.4, -0.2) is 55.0 Å². The summed E-state index contributed by atoms with van der Waals surface area (Å²) in [6, 6.07) is 1.98. The molecule has 1 aliphatic rings. The second-order valence-electron chi connectivity index (χ2n) is 7.85. The lowest BCUT2D eigenvalue weighted by atomic mass is 9.91. The van der Waals surface area contributed by atoms with Gasteiger partial charge in [-0.3, -0.25) is 10.1 Å². The normalized spacial score (nSPS) is 16.6. The van der Waals surface area contributed by atoms with E-state index < -0.39 is 0 Å². The third-order valence-electron chi connectivity index (χ3n) is 5.56. The number of nitrogens with zero attached hydrogens (tertiary/aromatic N) is 6. The van der Waals surface area contributed by atoms with Crippen LogP contribution in [0.3, 0.4) is 0 Å². The van der Waals surface area contributed by atoms with Crippen molar-refractivity contribution in [2.75, 3.05) is 24.6 Å². The maximum atomic E-state index is 6.25. The Balaban J connectivity index is 1.54. The molecule has 5 heterocycles. The van der Waals surface area contributed by atoms with Gasteiger partial charge in [0, 0.05) is 24.2 Å². The SMILES string of the molecule is CCOc1cc(-c2cnc(N3CCC(C)(N)CC3)cn2)c2c3cn[nH]c3nn2c1. The smallest absolute Gasteiger partial charge is 0.178 e. The number of pyridine rings is 1. The molecule has 0 spiro atoms. The van der Waals surface area contributed by atoms with Gasteiger partial charge in [-0.1, -0.05) is 0 Å². The van der Waals surface area contributed by atoms with Gasteiger partial charge in [0.25, 0.3) is 0 Å². The van der Waals surface area contributed by atoms with E-state index in [1.54, 1.807) is 6.20 Å². The fraction of sp³-hybridized carbons (Fsp3) is 0.400. The Morgan fingerprint density at radius 2 is 2.03 bits per heavy atom. The number of nitrogens with two attached hydrogens (primary N) is 1. The van der Waals surface area contributed by atoms with Crippen molar-refractivity contribution in [3.05, 3.63) is 30.9 Å². The summed E-state index contributed by atoms with van der Waals surface area (Å²) in [5, 5.41) is 12.5. The van der Waals surface area contributed by atoms with Crippen LogP contribution in [0.4, 0.5) is 5.82 Å². The van der Waals surface area contributed by atoms with Crippen LogP contribution in [0.1, 0.15) is 26.7 Å². The maximum absolute atomic E-state index is 6.25. The zero-order valence-corrected chi connectivity index (χ0v) is 16.6. The van der Waals surface area contributed by atoms with Gasteiger partial charge in [-0.05, 0) is 32.8 Å². The van der Waals surface area contributed by atoms with E-state index in [1.807, 2.05) is 36.1 Å². The summed E-state index contributed by atoms with van der Waals surface area (Å²) in [4.78, 5) is 11.7. The number of aromatic amines is 1. The molecule has 0 radical (unpaired) electrons. The topological polar surface area (TPSA) is 110 Å². The van der Waals surface area contributed by atoms with E-state index in [4.69, 9.17) is 15.5 Å². The van der Waals surface area contributed by atoms with E-state index in [0.717, 1.165) is 65.3 Å². The summed E-state index contributed by atoms with van der Waals surface area (Å²) in [5.41, 5.74) is 9.48. The third kappa shape index (κ3) is 3.17. The molecule has 9 nitrogen and oxygen atoms in total. The summed E-state index contributed by atoms with van der Waals surface area (Å²) in [5.74, 6) is 1.61. The van der Waals surface area contributed by atoms with Crippen LogP contribution in [0, 0.1) is 0 Å². The minimum atomic E-state index is -0.0901. The van der Waals surface area contributed by atoms with E-state index in [-0.39, 0.29) is 5.54 Å². The number of hydrogen-bond donors (Lipinski definition) is 2. The Morgan fingerprint density at radius 1 is 1.21 bits per heavy atom. The molecule has 0 aromatic carbocycles. The Bertz CT molecular complexity index is 1150. The van der Waals surface area contributed by atoms with Gasteiger partial charge in [0.2, 0.25) is 0 Å². The molecule has 0 aliphatic carbocycles. The number of rotatable bonds is 4. The van der Waals surface area contributed by atoms with Gasteiger partial charge in [-0.25, -0.2) is 9.50 Å². The number of hydrogen-bond acceptors (Lipinski definition) is 7. The van der Waals surface area contributed by atoms with Crippen molar-refractivity contribution in [3.63, 3.8) is 0 Å². The maximum Gasteiger partial charge on any atom is 0.178 e. The van der Waals surface area contributed by atoms with E-state index in [0.29, 0.717) is 6.61 Å². The first-order valence-corrected chi connectivity index (χ1v) is 9.88. The highest BCUT2D eigenvalue weighted by Gasteiger charge is 2.26. The van der Waals surface area contributed by atoms with Crippen molar-refractivity contribution in [1.29, 1.82) is 0 Å². The zero-order chi connectivity index (χ0) is 20.0. The van der Waals surface area contributed by atoms with Crippen LogP contribution in [0.5, 0.6) is 5.75 Å². The molecule has 4 aromatic heterocycles. The Labute approximate surface area is 167 Å². The van der Waals surface area contributed by atoms with Crippen molar-refractivity contribution >= 4 is 22.4 Å². The highest BCUT2D eigenvalue weighted by Crippen LogP contribution is 2.32. The summed E-state index contributed by atoms with van der Waals surface area (Å²) in [7, 11) is 0. The first kappa shape index (κ1) is 17.9. The highest BCUT2D eigenvalue weighted by atomic mass is 16.5. The molecule has 150 valence electrons. The predicted molar refractivity (Wildman–Crippen MR) is 111 cm³/mol. The lowest BCUT2D eigenvalue weighted by molar-refractivity contribution is 0.338. The second-order valence-corrected chi connectivity index (χ2v) is 7.85. The molecule has 1 aliphatic heterocycles. The first-order valence-electron chi connectivity index (χ1n) is 9.88. The molecule has 4 aromatic rings. The predicted octanol–water partition coefficient (Wildman–Crippen LogP) is 2.38. The molecule has 0 bridgehead atoms. The summed E-state index contributed by atoms with van der Waals surface area (Å²) < 4.78 is 7.54. The van der Waals surface area contributed by atoms with Crippen LogP contribution in [0.15, 0.2) is 30.9 Å². The van der Waals surface area contributed by atoms with E-state index in [2.05, 4.69) is 32.1 Å². The van der Waals surface area contributed by atoms with E-state index in [1.165, 1.54) is 0 Å². The minimum Gasteiger partial charge on any atom is -0.492 e. The molecule has 3 N–H and O–H groups in total. The van der Waals surface area contributed by atoms with Gasteiger partial charge < -0.3 is 15.4 Å². The molecule has 5 rings (SSSR count). The third-order valence-corrected chi connectivity index (χ3v) is 5.56. The number of nitrogens with one attached hydrogen (secondary N) is 1. The lowest BCUT2D eigenvalue weighted by Gasteiger charge is -2.37. The average Bonchev–Trinajstić information content (AvgIpc) is 3.29. The van der Waals surface area contributed by atoms with E-state index >= 15 is 0 Å². The number of piperidine rings is 1. The van der Waals surface area contributed by atoms with Gasteiger partial charge in [0.05, 0.1) is 48.0 Å². The molecule has 1 saturated heterocycles. The minimum absolute atomic E-state index is 0.0901. The number of H-pyrrole nitrogens is 1. The Morgan fingerprint density at radius 3 is 2.76 bits per heavy atom. The van der Waals surface area contributed by atoms with Crippen LogP contribution in [-0.2, 0) is 0 Å². The standard InChI is InChI=1S/C20H24N8O/c1-3-29-13-8-14(18-15-9-24-25-19(15)26-28(18)12-13)16-10-23-17(11-22-16)27-6-4-20(2,21)5-7-27/h8-12H,3-7,21H2,1-2H3,(H,25,26). The molecule has 0 unspecified atom stereocenters. The fourth-order valence-corrected chi connectivity index (χ4v) is 3.85. The Kier molecular flexibility index (Phi) is 4.13. The van der Waals surface area contributed by atoms with Crippen LogP contribution in [0.25, 0.3) is 27.8 Å². The van der Waals surface area contributed by atoms with Crippen molar-refractivity contribution < 1.29 is 4.74 Å². The van der Waals surface area contributed by atoms with Gasteiger partial charge in [0.15, 0.2) is 5.65 Å². The van der Waals surface area contributed by atoms with Crippen LogP contribution < -0.4 is 15.4 Å². The first-order chi connectivity index (χ1) is 14.0. The zero-order valence-electron chi connectivity index (χ0n) is 16.6. The molecular formula is C20H24N8O. The molecule has 9 heteroatoms. The number of ether oxygens (including phenoxy) is 1. The summed E-state index contributed by atoms with van der Waals surface area (Å²) in [6.07, 6.45) is 9.19. The lowest BCUT2D eigenvalue weighted by Crippen LogP contribution is -2.48.